The molecular formula is C12H22BrNO2. The van der Waals surface area contributed by atoms with Crippen LogP contribution in [-0.4, -0.2) is 31.0 Å². The Morgan fingerprint density at radius 2 is 2.06 bits per heavy atom. The zero-order chi connectivity index (χ0) is 12.0. The number of hydrogen-bond donors (Lipinski definition) is 1. The monoisotopic (exact) mass is 291 g/mol. The molecule has 0 aliphatic heterocycles. The number of carbonyl (C=O) groups excluding carboxylic acids is 1. The number of carbonyl (C=O) groups is 1. The standard InChI is InChI=1S/C12H22BrNO2/c1-9-3-5-10(6-4-9)7-14-8-11(13)12(15)16-2/h9-11,14H,3-8H2,1-2H3. The summed E-state index contributed by atoms with van der Waals surface area (Å²) in [5.41, 5.74) is 0. The van der Waals surface area contributed by atoms with Gasteiger partial charge < -0.3 is 10.1 Å². The van der Waals surface area contributed by atoms with E-state index < -0.39 is 0 Å². The fourth-order valence-electron chi connectivity index (χ4n) is 2.16. The SMILES string of the molecule is COC(=O)C(Br)CNCC1CCC(C)CC1. The Hall–Kier alpha value is -0.0900. The minimum Gasteiger partial charge on any atom is -0.468 e. The largest absolute Gasteiger partial charge is 0.468 e. The second kappa shape index (κ2) is 7.28. The van der Waals surface area contributed by atoms with Crippen molar-refractivity contribution in [1.29, 1.82) is 0 Å². The maximum Gasteiger partial charge on any atom is 0.320 e. The van der Waals surface area contributed by atoms with Gasteiger partial charge in [-0.1, -0.05) is 35.7 Å². The van der Waals surface area contributed by atoms with Gasteiger partial charge in [-0.15, -0.1) is 0 Å². The number of methoxy groups -OCH3 is 1. The third-order valence-electron chi connectivity index (χ3n) is 3.35. The number of esters is 1. The van der Waals surface area contributed by atoms with Gasteiger partial charge in [-0.05, 0) is 31.2 Å². The fraction of sp³-hybridized carbons (Fsp3) is 0.917. The van der Waals surface area contributed by atoms with Crippen molar-refractivity contribution in [3.63, 3.8) is 0 Å². The van der Waals surface area contributed by atoms with Crippen LogP contribution >= 0.6 is 15.9 Å². The lowest BCUT2D eigenvalue weighted by Crippen LogP contribution is -2.33. The van der Waals surface area contributed by atoms with Gasteiger partial charge in [0.2, 0.25) is 0 Å². The Morgan fingerprint density at radius 1 is 1.44 bits per heavy atom. The van der Waals surface area contributed by atoms with Gasteiger partial charge in [0.1, 0.15) is 4.83 Å². The van der Waals surface area contributed by atoms with Gasteiger partial charge in [-0.2, -0.15) is 0 Å². The Bertz CT molecular complexity index is 215. The van der Waals surface area contributed by atoms with E-state index in [9.17, 15) is 4.79 Å². The molecular weight excluding hydrogens is 270 g/mol. The quantitative estimate of drug-likeness (QED) is 0.624. The first-order chi connectivity index (χ1) is 7.63. The van der Waals surface area contributed by atoms with Crippen molar-refractivity contribution in [2.75, 3.05) is 20.2 Å². The number of nitrogens with one attached hydrogen (secondary N) is 1. The summed E-state index contributed by atoms with van der Waals surface area (Å²) < 4.78 is 4.64. The Balaban J connectivity index is 2.09. The van der Waals surface area contributed by atoms with Crippen molar-refractivity contribution >= 4 is 21.9 Å². The summed E-state index contributed by atoms with van der Waals surface area (Å²) in [6, 6.07) is 0. The van der Waals surface area contributed by atoms with Gasteiger partial charge in [-0.3, -0.25) is 4.79 Å². The summed E-state index contributed by atoms with van der Waals surface area (Å²) in [7, 11) is 1.42. The highest BCUT2D eigenvalue weighted by Crippen LogP contribution is 2.27. The Morgan fingerprint density at radius 3 is 2.62 bits per heavy atom. The zero-order valence-corrected chi connectivity index (χ0v) is 11.8. The van der Waals surface area contributed by atoms with E-state index in [0.29, 0.717) is 6.54 Å². The molecule has 1 unspecified atom stereocenters. The second-order valence-electron chi connectivity index (χ2n) is 4.77. The maximum absolute atomic E-state index is 11.1. The summed E-state index contributed by atoms with van der Waals surface area (Å²) in [4.78, 5) is 10.9. The van der Waals surface area contributed by atoms with E-state index in [1.54, 1.807) is 0 Å². The molecule has 1 saturated carbocycles. The van der Waals surface area contributed by atoms with Gasteiger partial charge in [0.15, 0.2) is 0 Å². The minimum absolute atomic E-state index is 0.204. The lowest BCUT2D eigenvalue weighted by molar-refractivity contribution is -0.139. The Kier molecular flexibility index (Phi) is 6.36. The van der Waals surface area contributed by atoms with Crippen molar-refractivity contribution in [3.05, 3.63) is 0 Å². The van der Waals surface area contributed by atoms with Crippen LogP contribution in [0.3, 0.4) is 0 Å². The third kappa shape index (κ3) is 4.83. The molecule has 1 fully saturated rings. The number of alkyl halides is 1. The molecule has 0 amide bonds. The molecule has 1 atom stereocenters. The molecule has 0 aromatic carbocycles. The number of ether oxygens (including phenoxy) is 1. The van der Waals surface area contributed by atoms with Gasteiger partial charge in [-0.25, -0.2) is 0 Å². The third-order valence-corrected chi connectivity index (χ3v) is 4.05. The van der Waals surface area contributed by atoms with E-state index in [1.165, 1.54) is 32.8 Å². The van der Waals surface area contributed by atoms with E-state index in [4.69, 9.17) is 0 Å². The van der Waals surface area contributed by atoms with Crippen molar-refractivity contribution in [2.24, 2.45) is 11.8 Å². The minimum atomic E-state index is -0.222. The van der Waals surface area contributed by atoms with Crippen molar-refractivity contribution in [2.45, 2.75) is 37.4 Å². The summed E-state index contributed by atoms with van der Waals surface area (Å²) in [5.74, 6) is 1.48. The zero-order valence-electron chi connectivity index (χ0n) is 10.2. The molecule has 0 aromatic rings. The lowest BCUT2D eigenvalue weighted by atomic mass is 9.83. The van der Waals surface area contributed by atoms with Crippen LogP contribution in [0, 0.1) is 11.8 Å². The molecule has 0 spiro atoms. The van der Waals surface area contributed by atoms with Crippen LogP contribution < -0.4 is 5.32 Å². The molecule has 3 nitrogen and oxygen atoms in total. The smallest absolute Gasteiger partial charge is 0.320 e. The summed E-state index contributed by atoms with van der Waals surface area (Å²) in [6.45, 7) is 4.00. The number of rotatable bonds is 5. The molecule has 0 heterocycles. The van der Waals surface area contributed by atoms with Crippen LogP contribution in [0.4, 0.5) is 0 Å². The van der Waals surface area contributed by atoms with Crippen LogP contribution in [0.5, 0.6) is 0 Å². The molecule has 0 saturated heterocycles. The normalized spacial score (nSPS) is 27.4. The van der Waals surface area contributed by atoms with Gasteiger partial charge >= 0.3 is 5.97 Å². The number of halogens is 1. The Labute approximate surface area is 106 Å². The van der Waals surface area contributed by atoms with Crippen LogP contribution in [0.25, 0.3) is 0 Å². The highest BCUT2D eigenvalue weighted by Gasteiger charge is 2.19. The molecule has 1 aliphatic carbocycles. The first-order valence-corrected chi connectivity index (χ1v) is 6.97. The van der Waals surface area contributed by atoms with Crippen LogP contribution in [0.15, 0.2) is 0 Å². The van der Waals surface area contributed by atoms with Gasteiger partial charge in [0.25, 0.3) is 0 Å². The van der Waals surface area contributed by atoms with Crippen molar-refractivity contribution < 1.29 is 9.53 Å². The molecule has 0 bridgehead atoms. The predicted octanol–water partition coefficient (Wildman–Crippen LogP) is 2.34. The van der Waals surface area contributed by atoms with E-state index in [0.717, 1.165) is 18.4 Å². The highest BCUT2D eigenvalue weighted by atomic mass is 79.9. The summed E-state index contributed by atoms with van der Waals surface area (Å²) in [5, 5.41) is 3.34. The van der Waals surface area contributed by atoms with E-state index in [-0.39, 0.29) is 10.8 Å². The van der Waals surface area contributed by atoms with Crippen molar-refractivity contribution in [3.8, 4) is 0 Å². The average Bonchev–Trinajstić information content (AvgIpc) is 2.30. The van der Waals surface area contributed by atoms with Crippen LogP contribution in [0.1, 0.15) is 32.6 Å². The molecule has 0 aromatic heterocycles. The van der Waals surface area contributed by atoms with Crippen molar-refractivity contribution in [1.82, 2.24) is 5.32 Å². The summed E-state index contributed by atoms with van der Waals surface area (Å²) >= 11 is 3.30. The van der Waals surface area contributed by atoms with Crippen LogP contribution in [0.2, 0.25) is 0 Å². The first-order valence-electron chi connectivity index (χ1n) is 6.06. The molecule has 94 valence electrons. The predicted molar refractivity (Wildman–Crippen MR) is 68.7 cm³/mol. The van der Waals surface area contributed by atoms with E-state index in [1.807, 2.05) is 0 Å². The molecule has 0 radical (unpaired) electrons. The van der Waals surface area contributed by atoms with Gasteiger partial charge in [0, 0.05) is 6.54 Å². The molecule has 1 N–H and O–H groups in total. The average molecular weight is 292 g/mol. The molecule has 4 heteroatoms. The number of hydrogen-bond acceptors (Lipinski definition) is 3. The highest BCUT2D eigenvalue weighted by molar-refractivity contribution is 9.10. The first kappa shape index (κ1) is 14.0. The fourth-order valence-corrected chi connectivity index (χ4v) is 2.57. The second-order valence-corrected chi connectivity index (χ2v) is 5.88. The topological polar surface area (TPSA) is 38.3 Å². The molecule has 1 rings (SSSR count). The molecule has 1 aliphatic rings. The van der Waals surface area contributed by atoms with Crippen LogP contribution in [-0.2, 0) is 9.53 Å². The lowest BCUT2D eigenvalue weighted by Gasteiger charge is -2.26. The van der Waals surface area contributed by atoms with Gasteiger partial charge in [0.05, 0.1) is 7.11 Å². The summed E-state index contributed by atoms with van der Waals surface area (Å²) in [6.07, 6.45) is 5.33. The maximum atomic E-state index is 11.1. The van der Waals surface area contributed by atoms with E-state index in [2.05, 4.69) is 32.9 Å². The van der Waals surface area contributed by atoms with E-state index >= 15 is 0 Å². The molecule has 16 heavy (non-hydrogen) atoms.